The van der Waals surface area contributed by atoms with Gasteiger partial charge in [0.25, 0.3) is 0 Å². The summed E-state index contributed by atoms with van der Waals surface area (Å²) in [4.78, 5) is 11.8. The Morgan fingerprint density at radius 1 is 0.962 bits per heavy atom. The van der Waals surface area contributed by atoms with Crippen molar-refractivity contribution >= 4 is 5.91 Å². The van der Waals surface area contributed by atoms with Crippen LogP contribution in [0.25, 0.3) is 0 Å². The molecular weight excluding hydrogens is 330 g/mol. The number of nitrogens with one attached hydrogen (secondary N) is 1. The molecule has 0 aliphatic carbocycles. The van der Waals surface area contributed by atoms with Crippen molar-refractivity contribution in [3.05, 3.63) is 59.7 Å². The number of aliphatic hydroxyl groups is 1. The second kappa shape index (κ2) is 7.79. The fourth-order valence-corrected chi connectivity index (χ4v) is 3.44. The van der Waals surface area contributed by atoms with E-state index in [1.54, 1.807) is 0 Å². The van der Waals surface area contributed by atoms with Gasteiger partial charge in [-0.05, 0) is 55.7 Å². The highest BCUT2D eigenvalue weighted by atomic mass is 16.5. The molecule has 0 radical (unpaired) electrons. The van der Waals surface area contributed by atoms with Gasteiger partial charge in [-0.15, -0.1) is 0 Å². The third-order valence-electron chi connectivity index (χ3n) is 4.71. The molecule has 0 saturated carbocycles. The molecule has 3 rings (SSSR count). The molecular formula is C21H25NO4. The number of ether oxygens (including phenoxy) is 2. The number of amides is 1. The molecule has 1 fully saturated rings. The van der Waals surface area contributed by atoms with Crippen molar-refractivity contribution < 1.29 is 19.4 Å². The summed E-state index contributed by atoms with van der Waals surface area (Å²) in [5.41, 5.74) is 0.122. The predicted octanol–water partition coefficient (Wildman–Crippen LogP) is 3.00. The van der Waals surface area contributed by atoms with Crippen LogP contribution >= 0.6 is 0 Å². The Labute approximate surface area is 153 Å². The lowest BCUT2D eigenvalue weighted by Crippen LogP contribution is -2.47. The summed E-state index contributed by atoms with van der Waals surface area (Å²) in [6.45, 7) is 5.03. The lowest BCUT2D eigenvalue weighted by Gasteiger charge is -2.35. The second-order valence-corrected chi connectivity index (χ2v) is 6.34. The van der Waals surface area contributed by atoms with Crippen molar-refractivity contribution in [2.75, 3.05) is 13.2 Å². The lowest BCUT2D eigenvalue weighted by atomic mass is 9.79. The first-order valence-electron chi connectivity index (χ1n) is 9.06. The Hall–Kier alpha value is -2.53. The highest BCUT2D eigenvalue weighted by Crippen LogP contribution is 2.38. The minimum absolute atomic E-state index is 0.0368. The zero-order valence-corrected chi connectivity index (χ0v) is 15.2. The van der Waals surface area contributed by atoms with Crippen LogP contribution in [0, 0.1) is 0 Å². The highest BCUT2D eigenvalue weighted by Gasteiger charge is 2.43. The maximum Gasteiger partial charge on any atom is 0.220 e. The minimum Gasteiger partial charge on any atom is -0.494 e. The van der Waals surface area contributed by atoms with Crippen molar-refractivity contribution in [1.29, 1.82) is 0 Å². The van der Waals surface area contributed by atoms with Crippen LogP contribution in [-0.4, -0.2) is 30.3 Å². The van der Waals surface area contributed by atoms with Gasteiger partial charge < -0.3 is 19.9 Å². The zero-order valence-electron chi connectivity index (χ0n) is 15.2. The van der Waals surface area contributed by atoms with E-state index in [-0.39, 0.29) is 11.9 Å². The number of hydrogen-bond donors (Lipinski definition) is 2. The van der Waals surface area contributed by atoms with Crippen molar-refractivity contribution in [2.24, 2.45) is 0 Å². The van der Waals surface area contributed by atoms with Crippen molar-refractivity contribution in [1.82, 2.24) is 5.32 Å². The van der Waals surface area contributed by atoms with E-state index < -0.39 is 5.60 Å². The SMILES string of the molecule is CCOc1ccc(C(O)(c2ccc(OCC)cc2)[C@H]2CCC(=O)N2)cc1. The van der Waals surface area contributed by atoms with E-state index in [2.05, 4.69) is 5.32 Å². The molecule has 1 aliphatic rings. The van der Waals surface area contributed by atoms with E-state index >= 15 is 0 Å². The molecule has 5 nitrogen and oxygen atoms in total. The molecule has 2 aromatic carbocycles. The average Bonchev–Trinajstić information content (AvgIpc) is 3.10. The standard InChI is InChI=1S/C21H25NO4/c1-3-25-17-9-5-15(6-10-17)21(24,19-13-14-20(23)22-19)16-7-11-18(12-8-16)26-4-2/h5-12,19,24H,3-4,13-14H2,1-2H3,(H,22,23)/t19-/m1/s1. The summed E-state index contributed by atoms with van der Waals surface area (Å²) in [5.74, 6) is 1.46. The molecule has 0 spiro atoms. The Balaban J connectivity index is 2.00. The maximum atomic E-state index is 11.8. The summed E-state index contributed by atoms with van der Waals surface area (Å²) in [6, 6.07) is 14.4. The largest absolute Gasteiger partial charge is 0.494 e. The molecule has 2 N–H and O–H groups in total. The van der Waals surface area contributed by atoms with Crippen LogP contribution in [0.2, 0.25) is 0 Å². The van der Waals surface area contributed by atoms with Crippen molar-refractivity contribution in [3.63, 3.8) is 0 Å². The number of carbonyl (C=O) groups is 1. The molecule has 1 heterocycles. The Bertz CT molecular complexity index is 690. The summed E-state index contributed by atoms with van der Waals surface area (Å²) < 4.78 is 11.0. The van der Waals surface area contributed by atoms with Crippen LogP contribution < -0.4 is 14.8 Å². The molecule has 0 unspecified atom stereocenters. The van der Waals surface area contributed by atoms with E-state index in [0.717, 1.165) is 22.6 Å². The van der Waals surface area contributed by atoms with Gasteiger partial charge in [0.1, 0.15) is 17.1 Å². The van der Waals surface area contributed by atoms with Gasteiger partial charge in [-0.2, -0.15) is 0 Å². The second-order valence-electron chi connectivity index (χ2n) is 6.34. The van der Waals surface area contributed by atoms with Gasteiger partial charge in [-0.3, -0.25) is 4.79 Å². The third-order valence-corrected chi connectivity index (χ3v) is 4.71. The monoisotopic (exact) mass is 355 g/mol. The van der Waals surface area contributed by atoms with E-state index in [0.29, 0.717) is 26.1 Å². The van der Waals surface area contributed by atoms with Gasteiger partial charge in [0.15, 0.2) is 0 Å². The quantitative estimate of drug-likeness (QED) is 0.801. The molecule has 26 heavy (non-hydrogen) atoms. The van der Waals surface area contributed by atoms with E-state index in [1.165, 1.54) is 0 Å². The summed E-state index contributed by atoms with van der Waals surface area (Å²) in [5, 5.41) is 14.6. The van der Waals surface area contributed by atoms with Crippen molar-refractivity contribution in [2.45, 2.75) is 38.3 Å². The Kier molecular flexibility index (Phi) is 5.47. The fourth-order valence-electron chi connectivity index (χ4n) is 3.44. The van der Waals surface area contributed by atoms with Gasteiger partial charge >= 0.3 is 0 Å². The van der Waals surface area contributed by atoms with Crippen LogP contribution in [-0.2, 0) is 10.4 Å². The topological polar surface area (TPSA) is 67.8 Å². The lowest BCUT2D eigenvalue weighted by molar-refractivity contribution is -0.120. The summed E-state index contributed by atoms with van der Waals surface area (Å²) in [7, 11) is 0. The average molecular weight is 355 g/mol. The zero-order chi connectivity index (χ0) is 18.6. The van der Waals surface area contributed by atoms with Crippen LogP contribution in [0.15, 0.2) is 48.5 Å². The normalized spacial score (nSPS) is 17.0. The van der Waals surface area contributed by atoms with E-state index in [4.69, 9.17) is 9.47 Å². The molecule has 1 amide bonds. The van der Waals surface area contributed by atoms with E-state index in [1.807, 2.05) is 62.4 Å². The van der Waals surface area contributed by atoms with Crippen LogP contribution in [0.5, 0.6) is 11.5 Å². The van der Waals surface area contributed by atoms with Crippen LogP contribution in [0.4, 0.5) is 0 Å². The van der Waals surface area contributed by atoms with E-state index in [9.17, 15) is 9.90 Å². The predicted molar refractivity (Wildman–Crippen MR) is 99.4 cm³/mol. The smallest absolute Gasteiger partial charge is 0.220 e. The fraction of sp³-hybridized carbons (Fsp3) is 0.381. The van der Waals surface area contributed by atoms with Crippen LogP contribution in [0.3, 0.4) is 0 Å². The first-order valence-corrected chi connectivity index (χ1v) is 9.06. The van der Waals surface area contributed by atoms with Gasteiger partial charge in [-0.25, -0.2) is 0 Å². The Morgan fingerprint density at radius 3 is 1.77 bits per heavy atom. The highest BCUT2D eigenvalue weighted by molar-refractivity contribution is 5.79. The number of hydrogen-bond acceptors (Lipinski definition) is 4. The molecule has 0 bridgehead atoms. The Morgan fingerprint density at radius 2 is 1.42 bits per heavy atom. The van der Waals surface area contributed by atoms with Gasteiger partial charge in [0.2, 0.25) is 5.91 Å². The molecule has 1 saturated heterocycles. The summed E-state index contributed by atoms with van der Waals surface area (Å²) in [6.07, 6.45) is 0.997. The number of carbonyl (C=O) groups excluding carboxylic acids is 1. The third kappa shape index (κ3) is 3.53. The van der Waals surface area contributed by atoms with Gasteiger partial charge in [0, 0.05) is 6.42 Å². The first kappa shape index (κ1) is 18.3. The number of benzene rings is 2. The van der Waals surface area contributed by atoms with Crippen LogP contribution in [0.1, 0.15) is 37.8 Å². The maximum absolute atomic E-state index is 11.8. The van der Waals surface area contributed by atoms with Crippen molar-refractivity contribution in [3.8, 4) is 11.5 Å². The molecule has 1 atom stereocenters. The van der Waals surface area contributed by atoms with Gasteiger partial charge in [0.05, 0.1) is 19.3 Å². The summed E-state index contributed by atoms with van der Waals surface area (Å²) >= 11 is 0. The molecule has 138 valence electrons. The number of rotatable bonds is 7. The molecule has 2 aromatic rings. The minimum atomic E-state index is -1.32. The van der Waals surface area contributed by atoms with Gasteiger partial charge in [-0.1, -0.05) is 24.3 Å². The first-order chi connectivity index (χ1) is 12.6. The molecule has 0 aromatic heterocycles. The molecule has 1 aliphatic heterocycles. The molecule has 5 heteroatoms.